The molecule has 1 atom stereocenters. The summed E-state index contributed by atoms with van der Waals surface area (Å²) in [5, 5.41) is 19.0. The first kappa shape index (κ1) is 16.6. The monoisotopic (exact) mass is 281 g/mol. The van der Waals surface area contributed by atoms with E-state index < -0.39 is 12.1 Å². The zero-order valence-electron chi connectivity index (χ0n) is 11.9. The van der Waals surface area contributed by atoms with Crippen molar-refractivity contribution in [1.29, 1.82) is 0 Å². The van der Waals surface area contributed by atoms with Gasteiger partial charge in [0.2, 0.25) is 0 Å². The molecule has 0 aliphatic rings. The molecular formula is C15H23NO4. The van der Waals surface area contributed by atoms with Crippen molar-refractivity contribution in [3.8, 4) is 0 Å². The summed E-state index contributed by atoms with van der Waals surface area (Å²) in [6, 6.07) is 9.81. The number of esters is 1. The normalized spacial score (nSPS) is 12.4. The van der Waals surface area contributed by atoms with Gasteiger partial charge < -0.3 is 14.9 Å². The van der Waals surface area contributed by atoms with Gasteiger partial charge in [0.05, 0.1) is 25.7 Å². The Morgan fingerprint density at radius 3 is 2.65 bits per heavy atom. The summed E-state index contributed by atoms with van der Waals surface area (Å²) in [5.74, 6) is -0.399. The highest BCUT2D eigenvalue weighted by Crippen LogP contribution is 2.06. The van der Waals surface area contributed by atoms with Crippen molar-refractivity contribution >= 4 is 5.97 Å². The maximum atomic E-state index is 11.3. The van der Waals surface area contributed by atoms with Crippen molar-refractivity contribution < 1.29 is 19.7 Å². The number of benzene rings is 1. The standard InChI is InChI=1S/C15H23NO4/c1-2-20-15(19)10-14(18)12-16(8-9-17)11-13-6-4-3-5-7-13/h3-7,14,17-18H,2,8-12H2,1H3. The molecule has 0 spiro atoms. The molecule has 5 nitrogen and oxygen atoms in total. The zero-order valence-corrected chi connectivity index (χ0v) is 11.9. The van der Waals surface area contributed by atoms with Crippen molar-refractivity contribution in [2.75, 3.05) is 26.3 Å². The molecular weight excluding hydrogens is 258 g/mol. The number of carbonyl (C=O) groups excluding carboxylic acids is 1. The van der Waals surface area contributed by atoms with Crippen molar-refractivity contribution in [3.05, 3.63) is 35.9 Å². The fourth-order valence-corrected chi connectivity index (χ4v) is 1.99. The Kier molecular flexibility index (Phi) is 7.87. The summed E-state index contributed by atoms with van der Waals surface area (Å²) in [6.45, 7) is 3.47. The van der Waals surface area contributed by atoms with E-state index in [1.165, 1.54) is 0 Å². The number of nitrogens with zero attached hydrogens (tertiary/aromatic N) is 1. The van der Waals surface area contributed by atoms with Crippen LogP contribution < -0.4 is 0 Å². The van der Waals surface area contributed by atoms with Gasteiger partial charge in [-0.2, -0.15) is 0 Å². The van der Waals surface area contributed by atoms with Gasteiger partial charge in [-0.25, -0.2) is 0 Å². The molecule has 0 amide bonds. The highest BCUT2D eigenvalue weighted by Gasteiger charge is 2.16. The Morgan fingerprint density at radius 1 is 1.35 bits per heavy atom. The predicted molar refractivity (Wildman–Crippen MR) is 76.1 cm³/mol. The second kappa shape index (κ2) is 9.47. The van der Waals surface area contributed by atoms with Gasteiger partial charge in [0, 0.05) is 19.6 Å². The molecule has 0 aromatic heterocycles. The van der Waals surface area contributed by atoms with E-state index in [9.17, 15) is 9.90 Å². The summed E-state index contributed by atoms with van der Waals surface area (Å²) < 4.78 is 4.81. The van der Waals surface area contributed by atoms with Crippen LogP contribution in [0.25, 0.3) is 0 Å². The fraction of sp³-hybridized carbons (Fsp3) is 0.533. The van der Waals surface area contributed by atoms with Crippen LogP contribution in [0.4, 0.5) is 0 Å². The van der Waals surface area contributed by atoms with Crippen LogP contribution in [0, 0.1) is 0 Å². The van der Waals surface area contributed by atoms with Crippen LogP contribution in [0.5, 0.6) is 0 Å². The van der Waals surface area contributed by atoms with Crippen LogP contribution >= 0.6 is 0 Å². The minimum atomic E-state index is -0.788. The first-order valence-corrected chi connectivity index (χ1v) is 6.86. The number of rotatable bonds is 9. The van der Waals surface area contributed by atoms with E-state index in [1.54, 1.807) is 6.92 Å². The van der Waals surface area contributed by atoms with Crippen molar-refractivity contribution in [3.63, 3.8) is 0 Å². The van der Waals surface area contributed by atoms with Gasteiger partial charge in [0.25, 0.3) is 0 Å². The Hall–Kier alpha value is -1.43. The molecule has 0 saturated heterocycles. The van der Waals surface area contributed by atoms with Gasteiger partial charge in [-0.05, 0) is 12.5 Å². The lowest BCUT2D eigenvalue weighted by molar-refractivity contribution is -0.145. The SMILES string of the molecule is CCOC(=O)CC(O)CN(CCO)Cc1ccccc1. The largest absolute Gasteiger partial charge is 0.466 e. The van der Waals surface area contributed by atoms with Gasteiger partial charge in [0.1, 0.15) is 0 Å². The lowest BCUT2D eigenvalue weighted by Gasteiger charge is -2.24. The number of aliphatic hydroxyl groups excluding tert-OH is 2. The summed E-state index contributed by atoms with van der Waals surface area (Å²) in [6.07, 6.45) is -0.811. The van der Waals surface area contributed by atoms with Gasteiger partial charge in [-0.15, -0.1) is 0 Å². The fourth-order valence-electron chi connectivity index (χ4n) is 1.99. The van der Waals surface area contributed by atoms with Gasteiger partial charge >= 0.3 is 5.97 Å². The summed E-state index contributed by atoms with van der Waals surface area (Å²) in [7, 11) is 0. The molecule has 0 aliphatic heterocycles. The summed E-state index contributed by atoms with van der Waals surface area (Å²) in [4.78, 5) is 13.2. The Bertz CT molecular complexity index is 383. The van der Waals surface area contributed by atoms with Crippen LogP contribution in [-0.2, 0) is 16.1 Å². The molecule has 5 heteroatoms. The smallest absolute Gasteiger partial charge is 0.308 e. The zero-order chi connectivity index (χ0) is 14.8. The molecule has 112 valence electrons. The number of hydrogen-bond acceptors (Lipinski definition) is 5. The van der Waals surface area contributed by atoms with Crippen LogP contribution in [0.2, 0.25) is 0 Å². The molecule has 2 N–H and O–H groups in total. The molecule has 0 heterocycles. The third-order valence-electron chi connectivity index (χ3n) is 2.84. The predicted octanol–water partition coefficient (Wildman–Crippen LogP) is 0.795. The van der Waals surface area contributed by atoms with E-state index in [2.05, 4.69) is 0 Å². The number of aliphatic hydroxyl groups is 2. The number of hydrogen-bond donors (Lipinski definition) is 2. The highest BCUT2D eigenvalue weighted by atomic mass is 16.5. The van der Waals surface area contributed by atoms with E-state index in [0.717, 1.165) is 5.56 Å². The Labute approximate surface area is 119 Å². The molecule has 1 unspecified atom stereocenters. The van der Waals surface area contributed by atoms with E-state index >= 15 is 0 Å². The van der Waals surface area contributed by atoms with Crippen molar-refractivity contribution in [2.45, 2.75) is 26.0 Å². The maximum absolute atomic E-state index is 11.3. The maximum Gasteiger partial charge on any atom is 0.308 e. The average Bonchev–Trinajstić information content (AvgIpc) is 2.40. The van der Waals surface area contributed by atoms with Crippen molar-refractivity contribution in [2.24, 2.45) is 0 Å². The third kappa shape index (κ3) is 6.65. The number of carbonyl (C=O) groups is 1. The molecule has 20 heavy (non-hydrogen) atoms. The molecule has 0 fully saturated rings. The third-order valence-corrected chi connectivity index (χ3v) is 2.84. The Morgan fingerprint density at radius 2 is 2.05 bits per heavy atom. The molecule has 1 aromatic rings. The van der Waals surface area contributed by atoms with E-state index in [1.807, 2.05) is 35.2 Å². The second-order valence-corrected chi connectivity index (χ2v) is 4.61. The summed E-state index contributed by atoms with van der Waals surface area (Å²) in [5.41, 5.74) is 1.10. The van der Waals surface area contributed by atoms with Crippen LogP contribution in [0.3, 0.4) is 0 Å². The van der Waals surface area contributed by atoms with E-state index in [4.69, 9.17) is 9.84 Å². The highest BCUT2D eigenvalue weighted by molar-refractivity contribution is 5.69. The minimum absolute atomic E-state index is 0.0129. The first-order valence-electron chi connectivity index (χ1n) is 6.86. The lowest BCUT2D eigenvalue weighted by atomic mass is 10.2. The van der Waals surface area contributed by atoms with Gasteiger partial charge in [-0.1, -0.05) is 30.3 Å². The molecule has 0 bridgehead atoms. The van der Waals surface area contributed by atoms with E-state index in [0.29, 0.717) is 26.2 Å². The van der Waals surface area contributed by atoms with E-state index in [-0.39, 0.29) is 13.0 Å². The van der Waals surface area contributed by atoms with Gasteiger partial charge in [-0.3, -0.25) is 9.69 Å². The molecule has 0 radical (unpaired) electrons. The average molecular weight is 281 g/mol. The first-order chi connectivity index (χ1) is 9.65. The van der Waals surface area contributed by atoms with Crippen LogP contribution in [0.1, 0.15) is 18.9 Å². The molecule has 0 saturated carbocycles. The Balaban J connectivity index is 2.47. The van der Waals surface area contributed by atoms with Crippen molar-refractivity contribution in [1.82, 2.24) is 4.90 Å². The number of ether oxygens (including phenoxy) is 1. The topological polar surface area (TPSA) is 70.0 Å². The minimum Gasteiger partial charge on any atom is -0.466 e. The summed E-state index contributed by atoms with van der Waals surface area (Å²) >= 11 is 0. The molecule has 1 aromatic carbocycles. The van der Waals surface area contributed by atoms with Crippen LogP contribution in [0.15, 0.2) is 30.3 Å². The second-order valence-electron chi connectivity index (χ2n) is 4.61. The quantitative estimate of drug-likeness (QED) is 0.655. The van der Waals surface area contributed by atoms with Gasteiger partial charge in [0.15, 0.2) is 0 Å². The molecule has 1 rings (SSSR count). The van der Waals surface area contributed by atoms with Crippen LogP contribution in [-0.4, -0.2) is 53.5 Å². The molecule has 0 aliphatic carbocycles. The lowest BCUT2D eigenvalue weighted by Crippen LogP contribution is -2.35.